The summed E-state index contributed by atoms with van der Waals surface area (Å²) in [7, 11) is 7.22. The Bertz CT molecular complexity index is 2870. The monoisotopic (exact) mass is 1820 g/mol. The number of nitrogens with two attached hydrogens (primary N) is 2. The smallest absolute Gasteiger partial charge is 1.00 e. The van der Waals surface area contributed by atoms with Crippen molar-refractivity contribution in [2.75, 3.05) is 121 Å². The van der Waals surface area contributed by atoms with Gasteiger partial charge in [-0.25, -0.2) is 46.7 Å². The number of nitrogens with one attached hydrogen (secondary N) is 4. The molecule has 9 aliphatic rings. The van der Waals surface area contributed by atoms with Crippen LogP contribution >= 0.6 is 12.4 Å². The van der Waals surface area contributed by atoms with E-state index >= 15 is 0 Å². The molecule has 120 heavy (non-hydrogen) atoms. The number of aliphatic carboxylic acids is 1. The minimum absolute atomic E-state index is 0. The molecule has 43 heteroatoms. The predicted molar refractivity (Wildman–Crippen MR) is 430 cm³/mol. The summed E-state index contributed by atoms with van der Waals surface area (Å²) in [5.41, 5.74) is 9.01. The molecule has 692 valence electrons. The van der Waals surface area contributed by atoms with Gasteiger partial charge >= 0.3 is 96.1 Å². The average Bonchev–Trinajstić information content (AvgIpc) is 1.70. The van der Waals surface area contributed by atoms with E-state index in [2.05, 4.69) is 41.9 Å². The molecule has 0 spiro atoms. The van der Waals surface area contributed by atoms with Crippen molar-refractivity contribution in [3.8, 4) is 0 Å². The van der Waals surface area contributed by atoms with Crippen LogP contribution in [0.15, 0.2) is 0 Å². The molecule has 9 fully saturated rings. The van der Waals surface area contributed by atoms with Crippen LogP contribution in [0.2, 0.25) is 0 Å². The third-order valence-electron chi connectivity index (χ3n) is 16.9. The first-order valence-corrected chi connectivity index (χ1v) is 38.5. The van der Waals surface area contributed by atoms with Crippen LogP contribution in [-0.4, -0.2) is 307 Å². The first-order chi connectivity index (χ1) is 53.2. The molecule has 0 radical (unpaired) electrons. The molecule has 6 aliphatic heterocycles. The van der Waals surface area contributed by atoms with Crippen LogP contribution in [0.25, 0.3) is 0 Å². The maximum Gasteiger partial charge on any atom is 2.00 e. The number of esters is 4. The number of Topliss-reactive ketones (excluding diaryl/α,β-unsaturated/α-hetero) is 2. The molecule has 0 aromatic heterocycles. The Balaban J connectivity index is -0.000000245. The Labute approximate surface area is 752 Å². The molecule has 3 aliphatic carbocycles. The molecule has 0 aromatic rings. The van der Waals surface area contributed by atoms with E-state index < -0.39 is 101 Å². The number of carbonyl (C=O) groups excluding carboxylic acids is 11. The summed E-state index contributed by atoms with van der Waals surface area (Å²) in [4.78, 5) is 149. The third kappa shape index (κ3) is 61.8. The van der Waals surface area contributed by atoms with Crippen LogP contribution in [0.3, 0.4) is 0 Å². The Hall–Kier alpha value is -5.44. The fourth-order valence-electron chi connectivity index (χ4n) is 10.7. The van der Waals surface area contributed by atoms with Crippen molar-refractivity contribution in [2.45, 2.75) is 240 Å². The van der Waals surface area contributed by atoms with Crippen molar-refractivity contribution in [1.29, 1.82) is 0 Å². The van der Waals surface area contributed by atoms with Gasteiger partial charge in [-0.05, 0) is 154 Å². The molecular weight excluding hydrogens is 1680 g/mol. The van der Waals surface area contributed by atoms with Crippen LogP contribution in [0.5, 0.6) is 0 Å². The maximum atomic E-state index is 12.3. The van der Waals surface area contributed by atoms with Gasteiger partial charge in [0.05, 0.1) is 73.1 Å². The fourth-order valence-corrected chi connectivity index (χ4v) is 10.7. The van der Waals surface area contributed by atoms with Crippen molar-refractivity contribution < 1.29 is 190 Å². The van der Waals surface area contributed by atoms with Gasteiger partial charge in [0.2, 0.25) is 0 Å². The van der Waals surface area contributed by atoms with Crippen molar-refractivity contribution in [3.63, 3.8) is 0 Å². The number of ether oxygens (including phenoxy) is 14. The molecule has 12 atom stereocenters. The largest absolute Gasteiger partial charge is 2.00 e. The van der Waals surface area contributed by atoms with E-state index in [1.807, 2.05) is 27.7 Å². The number of hydrogen-bond donors (Lipinski definition) is 8. The minimum atomic E-state index is -1.06. The first kappa shape index (κ1) is 128. The summed E-state index contributed by atoms with van der Waals surface area (Å²) in [5, 5.41) is 27.3. The van der Waals surface area contributed by atoms with E-state index in [0.717, 1.165) is 69.6 Å². The van der Waals surface area contributed by atoms with E-state index in [9.17, 15) is 57.5 Å². The number of carboxylic acid groups (broad SMARTS) is 2. The average molecular weight is 1820 g/mol. The van der Waals surface area contributed by atoms with Crippen LogP contribution in [0.4, 0.5) is 19.2 Å². The second-order valence-electron chi connectivity index (χ2n) is 31.7. The second-order valence-corrected chi connectivity index (χ2v) is 31.7. The first-order valence-electron chi connectivity index (χ1n) is 38.5. The zero-order valence-corrected chi connectivity index (χ0v) is 78.1. The van der Waals surface area contributed by atoms with Gasteiger partial charge in [-0.3, -0.25) is 38.4 Å². The molecule has 12 unspecified atom stereocenters. The van der Waals surface area contributed by atoms with Gasteiger partial charge in [0, 0.05) is 122 Å². The number of carboxylic acids is 1. The maximum absolute atomic E-state index is 12.3. The van der Waals surface area contributed by atoms with Crippen molar-refractivity contribution in [3.05, 3.63) is 6.42 Å². The normalized spacial score (nSPS) is 20.6. The van der Waals surface area contributed by atoms with Gasteiger partial charge in [0.25, 0.3) is 12.4 Å². The van der Waals surface area contributed by atoms with Gasteiger partial charge in [-0.1, -0.05) is 0 Å². The molecule has 6 saturated heterocycles. The van der Waals surface area contributed by atoms with Gasteiger partial charge in [-0.15, -0.1) is 12.4 Å². The zero-order chi connectivity index (χ0) is 87.1. The Morgan fingerprint density at radius 3 is 0.983 bits per heavy atom. The standard InChI is InChI=1S/C14H23NO4.C13H24N2O5.C12H21NO5.C11H19NO5.C9H15NO2.C7H13NO3.C4H6O3.C3H8O.C3H5.CH2O2.BrH.ClH.Li.Mg.2H2O/c1-14(2,3)19-13(17)15-11(10-6-7-18-8-10)12(16)9-4-5-9;1-13(2,3)20-12(17)14-10(9-6-7-19-8-9)11(16)15(4)18-5;1-12(2,3)18-11(15)13-9(10(14)16-4)8-5-6-17-7-8;1-11(2,3)17-10(15)12-8(9(13)14)7-4-5-16-6-7;10-8(7-3-4-12-5-7)9(11)6-1-2-6;1-10-7(9)6(8)5-2-3-11-4-5;1-3(5)7-4(2)6;1-3-4-2;1-2-3-1;2-1-3;;;;;;/h9-11H,4-8H2,1-3H3,(H,15,17);9-10H,6-8H2,1-5H3,(H,14,17);8-9H,5-7H2,1-4H3,(H,13,15);7-8H,4-6H2,1-3H3,(H,12,15)(H,13,14);6-8H,1-5,10H2;5-6H,2-4,8H2,1H3;1-2H3;3H2,1-2H3;1H,2-3H2;1H,(H,2,3);2*1H;;;2*1H2/q;;;;;;;;-1;;;;+1;+2;;/p-2. The summed E-state index contributed by atoms with van der Waals surface area (Å²) in [5.74, 6) is -2.33. The van der Waals surface area contributed by atoms with Crippen LogP contribution in [0.1, 0.15) is 181 Å². The Kier molecular flexibility index (Phi) is 72.3. The summed E-state index contributed by atoms with van der Waals surface area (Å²) in [6.07, 6.45) is 11.2. The van der Waals surface area contributed by atoms with Crippen molar-refractivity contribution >= 4 is 114 Å². The quantitative estimate of drug-likeness (QED) is 0.0141. The van der Waals surface area contributed by atoms with E-state index in [4.69, 9.17) is 83.4 Å². The predicted octanol–water partition coefficient (Wildman–Crippen LogP) is -0.745. The van der Waals surface area contributed by atoms with Gasteiger partial charge < -0.3 is 144 Å². The van der Waals surface area contributed by atoms with Crippen molar-refractivity contribution in [1.82, 2.24) is 26.3 Å². The fraction of sp³-hybridized carbons (Fsp3) is 0.818. The number of methoxy groups -OCH3 is 3. The molecule has 6 heterocycles. The molecule has 3 saturated carbocycles. The number of hydroxylamine groups is 2. The van der Waals surface area contributed by atoms with E-state index in [1.165, 1.54) is 55.1 Å². The van der Waals surface area contributed by atoms with Crippen LogP contribution in [-0.2, 0) is 114 Å². The van der Waals surface area contributed by atoms with E-state index in [0.29, 0.717) is 91.4 Å². The van der Waals surface area contributed by atoms with Crippen molar-refractivity contribution in [2.24, 2.45) is 58.8 Å². The molecule has 0 bridgehead atoms. The number of amides is 5. The van der Waals surface area contributed by atoms with Gasteiger partial charge in [-0.2, -0.15) is 0 Å². The van der Waals surface area contributed by atoms with Gasteiger partial charge in [0.1, 0.15) is 46.6 Å². The summed E-state index contributed by atoms with van der Waals surface area (Å²) >= 11 is 0. The molecule has 9 rings (SSSR count). The molecule has 5 amide bonds. The van der Waals surface area contributed by atoms with E-state index in [1.54, 1.807) is 69.4 Å². The summed E-state index contributed by atoms with van der Waals surface area (Å²) < 4.78 is 69.5. The third-order valence-corrected chi connectivity index (χ3v) is 16.9. The molecule has 13 N–H and O–H groups in total. The number of nitrogens with zero attached hydrogens (tertiary/aromatic N) is 1. The number of hydrogen-bond acceptors (Lipinski definition) is 31. The van der Waals surface area contributed by atoms with Crippen LogP contribution in [0, 0.1) is 53.8 Å². The molecule has 39 nitrogen and oxygen atoms in total. The minimum Gasteiger partial charge on any atom is -1.00 e. The Morgan fingerprint density at radius 2 is 0.742 bits per heavy atom. The summed E-state index contributed by atoms with van der Waals surface area (Å²) in [6, 6.07) is -3.59. The molecular formula is C77H140BrClLiMgN7O32. The van der Waals surface area contributed by atoms with Gasteiger partial charge in [0.15, 0.2) is 11.6 Å². The number of alkyl carbamates (subject to hydrolysis) is 4. The number of halogens is 2. The van der Waals surface area contributed by atoms with E-state index in [-0.39, 0.29) is 160 Å². The van der Waals surface area contributed by atoms with Crippen LogP contribution < -0.4 is 68.6 Å². The summed E-state index contributed by atoms with van der Waals surface area (Å²) in [6.45, 7) is 33.0. The Morgan fingerprint density at radius 1 is 0.483 bits per heavy atom. The zero-order valence-electron chi connectivity index (χ0n) is 74.3. The second kappa shape index (κ2) is 67.9. The SMILES string of the molecule is CC(=O)OC(C)=O.CC(C)(C)OC(=O)NC(C(=O)C1CC1)C1CCOC1.CC(C)(C)OC(=O)NC(C(=O)O)C1CCOC1.CCOC.COC(=O)C(N)C1CCOC1.COC(=O)C(NC(=O)OC(C)(C)C)C1CCOC1.CON(C)C(=O)C(NC(=O)OC(C)(C)C)C1CCOC1.Cl.NC(C(=O)C1CC1)C1CCOC1.O.O=CO.[Br-].[CH-]1CC1.[Li+].[Mg+2].[OH-]. The number of ketones is 2. The number of likely N-dealkylation sites (N-methyl/N-ethyl adjacent to an activating group) is 1. The topological polar surface area (TPSA) is 566 Å². The number of rotatable bonds is 20. The number of carbonyl (C=O) groups is 13. The molecule has 0 aromatic carbocycles.